The van der Waals surface area contributed by atoms with Crippen LogP contribution in [0.2, 0.25) is 0 Å². The van der Waals surface area contributed by atoms with Gasteiger partial charge in [0.1, 0.15) is 11.6 Å². The van der Waals surface area contributed by atoms with E-state index in [0.717, 1.165) is 5.56 Å². The number of ether oxygens (including phenoxy) is 1. The fourth-order valence-corrected chi connectivity index (χ4v) is 3.79. The first-order chi connectivity index (χ1) is 15.5. The monoisotopic (exact) mass is 450 g/mol. The van der Waals surface area contributed by atoms with Crippen LogP contribution < -0.4 is 10.1 Å². The van der Waals surface area contributed by atoms with Gasteiger partial charge in [-0.2, -0.15) is 0 Å². The average molecular weight is 450 g/mol. The molecule has 162 valence electrons. The Bertz CT molecular complexity index is 1230. The van der Waals surface area contributed by atoms with Crippen LogP contribution in [-0.2, 0) is 5.75 Å². The lowest BCUT2D eigenvalue weighted by Gasteiger charge is -2.11. The van der Waals surface area contributed by atoms with E-state index < -0.39 is 5.91 Å². The summed E-state index contributed by atoms with van der Waals surface area (Å²) in [6.07, 6.45) is 3.28. The van der Waals surface area contributed by atoms with E-state index in [1.165, 1.54) is 35.7 Å². The highest BCUT2D eigenvalue weighted by molar-refractivity contribution is 7.98. The first-order valence-corrected chi connectivity index (χ1v) is 10.6. The number of aromatic nitrogens is 5. The number of hydrogen-bond donors (Lipinski definition) is 1. The van der Waals surface area contributed by atoms with Gasteiger partial charge in [-0.05, 0) is 55.0 Å². The summed E-state index contributed by atoms with van der Waals surface area (Å²) in [6.45, 7) is 1.92. The van der Waals surface area contributed by atoms with Gasteiger partial charge in [0.15, 0.2) is 10.9 Å². The number of nitrogens with one attached hydrogen (secondary N) is 1. The van der Waals surface area contributed by atoms with E-state index in [9.17, 15) is 9.18 Å². The molecule has 8 nitrogen and oxygen atoms in total. The number of methoxy groups -OCH3 is 1. The van der Waals surface area contributed by atoms with Gasteiger partial charge in [-0.3, -0.25) is 4.79 Å². The normalized spacial score (nSPS) is 10.7. The molecule has 0 atom stereocenters. The first-order valence-electron chi connectivity index (χ1n) is 9.61. The minimum Gasteiger partial charge on any atom is -0.495 e. The Balaban J connectivity index is 1.68. The summed E-state index contributed by atoms with van der Waals surface area (Å²) in [5.41, 5.74) is 2.74. The third-order valence-electron chi connectivity index (χ3n) is 4.53. The van der Waals surface area contributed by atoms with Gasteiger partial charge < -0.3 is 10.1 Å². The fraction of sp³-hybridized carbons (Fsp3) is 0.136. The van der Waals surface area contributed by atoms with Crippen molar-refractivity contribution in [2.24, 2.45) is 0 Å². The zero-order chi connectivity index (χ0) is 22.5. The fourth-order valence-electron chi connectivity index (χ4n) is 2.99. The van der Waals surface area contributed by atoms with Gasteiger partial charge in [-0.15, -0.1) is 5.10 Å². The second-order valence-electron chi connectivity index (χ2n) is 6.75. The molecule has 2 heterocycles. The third-order valence-corrected chi connectivity index (χ3v) is 5.42. The zero-order valence-corrected chi connectivity index (χ0v) is 18.1. The summed E-state index contributed by atoms with van der Waals surface area (Å²) in [5.74, 6) is 0.0459. The van der Waals surface area contributed by atoms with Crippen LogP contribution in [0.4, 0.5) is 10.1 Å². The number of halogens is 1. The maximum absolute atomic E-state index is 13.4. The number of amides is 1. The number of thioether (sulfide) groups is 1. The van der Waals surface area contributed by atoms with Crippen LogP contribution in [0, 0.1) is 12.7 Å². The zero-order valence-electron chi connectivity index (χ0n) is 17.3. The number of carbonyl (C=O) groups excluding carboxylic acids is 1. The lowest BCUT2D eigenvalue weighted by atomic mass is 10.2. The molecule has 0 bridgehead atoms. The maximum Gasteiger partial charge on any atom is 0.278 e. The number of carbonyl (C=O) groups is 1. The van der Waals surface area contributed by atoms with Crippen molar-refractivity contribution in [2.75, 3.05) is 12.4 Å². The Morgan fingerprint density at radius 2 is 1.91 bits per heavy atom. The number of anilines is 1. The summed E-state index contributed by atoms with van der Waals surface area (Å²) in [7, 11) is 1.53. The Labute approximate surface area is 187 Å². The van der Waals surface area contributed by atoms with Crippen LogP contribution in [0.15, 0.2) is 66.1 Å². The topological polar surface area (TPSA) is 94.8 Å². The highest BCUT2D eigenvalue weighted by Crippen LogP contribution is 2.27. The summed E-state index contributed by atoms with van der Waals surface area (Å²) >= 11 is 1.34. The minimum atomic E-state index is -0.438. The van der Waals surface area contributed by atoms with Crippen LogP contribution in [0.3, 0.4) is 0 Å². The Hall–Kier alpha value is -3.79. The molecule has 1 N–H and O–H groups in total. The van der Waals surface area contributed by atoms with E-state index in [1.54, 1.807) is 36.7 Å². The predicted molar refractivity (Wildman–Crippen MR) is 119 cm³/mol. The predicted octanol–water partition coefficient (Wildman–Crippen LogP) is 4.06. The van der Waals surface area contributed by atoms with Crippen LogP contribution in [0.1, 0.15) is 21.7 Å². The smallest absolute Gasteiger partial charge is 0.278 e. The molecule has 1 amide bonds. The summed E-state index contributed by atoms with van der Waals surface area (Å²) in [4.78, 5) is 21.5. The summed E-state index contributed by atoms with van der Waals surface area (Å²) < 4.78 is 20.3. The van der Waals surface area contributed by atoms with Crippen molar-refractivity contribution in [1.29, 1.82) is 0 Å². The van der Waals surface area contributed by atoms with E-state index in [2.05, 4.69) is 25.6 Å². The highest BCUT2D eigenvalue weighted by Gasteiger charge is 2.22. The SMILES string of the molecule is COc1ccc(C)cc1NC(=O)c1nnn(-c2ccc(F)cc2)c1CSc1ncccn1. The molecule has 0 aliphatic carbocycles. The molecular formula is C22H19FN6O2S. The second kappa shape index (κ2) is 9.56. The molecule has 0 aliphatic rings. The standard InChI is InChI=1S/C22H19FN6O2S/c1-14-4-9-19(31-2)17(12-14)26-21(30)20-18(13-32-22-24-10-3-11-25-22)29(28-27-20)16-7-5-15(23)6-8-16/h3-12H,13H2,1-2H3,(H,26,30). The molecule has 0 unspecified atom stereocenters. The molecule has 2 aromatic heterocycles. The highest BCUT2D eigenvalue weighted by atomic mass is 32.2. The Morgan fingerprint density at radius 3 is 2.62 bits per heavy atom. The van der Waals surface area contributed by atoms with E-state index in [0.29, 0.717) is 33.7 Å². The van der Waals surface area contributed by atoms with E-state index in [1.807, 2.05) is 19.1 Å². The molecule has 4 rings (SSSR count). The quantitative estimate of drug-likeness (QED) is 0.335. The molecule has 0 aliphatic heterocycles. The molecule has 0 saturated carbocycles. The van der Waals surface area contributed by atoms with Gasteiger partial charge in [0.05, 0.1) is 24.2 Å². The molecule has 10 heteroatoms. The largest absolute Gasteiger partial charge is 0.495 e. The molecule has 4 aromatic rings. The molecule has 0 radical (unpaired) electrons. The molecule has 32 heavy (non-hydrogen) atoms. The lowest BCUT2D eigenvalue weighted by molar-refractivity contribution is 0.102. The first kappa shape index (κ1) is 21.4. The van der Waals surface area contributed by atoms with Gasteiger partial charge in [-0.25, -0.2) is 19.0 Å². The van der Waals surface area contributed by atoms with Crippen molar-refractivity contribution in [3.05, 3.63) is 83.7 Å². The summed E-state index contributed by atoms with van der Waals surface area (Å²) in [6, 6.07) is 13.0. The van der Waals surface area contributed by atoms with Gasteiger partial charge in [0.2, 0.25) is 0 Å². The van der Waals surface area contributed by atoms with Crippen molar-refractivity contribution in [3.8, 4) is 11.4 Å². The van der Waals surface area contributed by atoms with Crippen molar-refractivity contribution in [3.63, 3.8) is 0 Å². The molecule has 0 saturated heterocycles. The molecule has 0 fully saturated rings. The van der Waals surface area contributed by atoms with E-state index >= 15 is 0 Å². The van der Waals surface area contributed by atoms with Crippen LogP contribution in [-0.4, -0.2) is 38.0 Å². The number of rotatable bonds is 7. The van der Waals surface area contributed by atoms with Crippen molar-refractivity contribution < 1.29 is 13.9 Å². The van der Waals surface area contributed by atoms with Gasteiger partial charge in [0.25, 0.3) is 5.91 Å². The van der Waals surface area contributed by atoms with Crippen LogP contribution >= 0.6 is 11.8 Å². The third kappa shape index (κ3) is 4.75. The lowest BCUT2D eigenvalue weighted by Crippen LogP contribution is -2.16. The Kier molecular flexibility index (Phi) is 6.41. The van der Waals surface area contributed by atoms with Gasteiger partial charge in [0, 0.05) is 18.1 Å². The number of aryl methyl sites for hydroxylation is 1. The Morgan fingerprint density at radius 1 is 1.16 bits per heavy atom. The van der Waals surface area contributed by atoms with Crippen molar-refractivity contribution in [2.45, 2.75) is 17.8 Å². The molecule has 2 aromatic carbocycles. The summed E-state index contributed by atoms with van der Waals surface area (Å²) in [5, 5.41) is 11.7. The molecular weight excluding hydrogens is 431 g/mol. The van der Waals surface area contributed by atoms with Crippen LogP contribution in [0.25, 0.3) is 5.69 Å². The van der Waals surface area contributed by atoms with E-state index in [-0.39, 0.29) is 11.5 Å². The number of benzene rings is 2. The average Bonchev–Trinajstić information content (AvgIpc) is 3.23. The van der Waals surface area contributed by atoms with Crippen molar-refractivity contribution in [1.82, 2.24) is 25.0 Å². The van der Waals surface area contributed by atoms with Gasteiger partial charge >= 0.3 is 0 Å². The second-order valence-corrected chi connectivity index (χ2v) is 7.69. The van der Waals surface area contributed by atoms with E-state index in [4.69, 9.17) is 4.74 Å². The van der Waals surface area contributed by atoms with Crippen molar-refractivity contribution >= 4 is 23.4 Å². The number of hydrogen-bond acceptors (Lipinski definition) is 7. The maximum atomic E-state index is 13.4. The van der Waals surface area contributed by atoms with Gasteiger partial charge in [-0.1, -0.05) is 23.0 Å². The van der Waals surface area contributed by atoms with Crippen LogP contribution in [0.5, 0.6) is 5.75 Å². The minimum absolute atomic E-state index is 0.140. The number of nitrogens with zero attached hydrogens (tertiary/aromatic N) is 5. The molecule has 0 spiro atoms.